The molecule has 190 valence electrons. The molecule has 2 N–H and O–H groups in total. The molecule has 3 aromatic rings. The summed E-state index contributed by atoms with van der Waals surface area (Å²) in [5, 5.41) is 2.58. The third-order valence-electron chi connectivity index (χ3n) is 5.80. The van der Waals surface area contributed by atoms with Crippen LogP contribution in [0.1, 0.15) is 50.2 Å². The summed E-state index contributed by atoms with van der Waals surface area (Å²) in [5.74, 6) is -3.57. The van der Waals surface area contributed by atoms with Crippen molar-refractivity contribution in [3.05, 3.63) is 80.3 Å². The molecule has 8 nitrogen and oxygen atoms in total. The highest BCUT2D eigenvalue weighted by Crippen LogP contribution is 2.33. The van der Waals surface area contributed by atoms with Crippen molar-refractivity contribution in [2.75, 3.05) is 13.1 Å². The molecule has 2 amide bonds. The topological polar surface area (TPSA) is 108 Å². The number of halogens is 3. The number of nitrogens with one attached hydrogen (secondary N) is 2. The van der Waals surface area contributed by atoms with Gasteiger partial charge in [-0.2, -0.15) is 4.31 Å². The minimum absolute atomic E-state index is 0.0347. The van der Waals surface area contributed by atoms with Crippen molar-refractivity contribution in [3.63, 3.8) is 0 Å². The van der Waals surface area contributed by atoms with E-state index in [0.29, 0.717) is 42.0 Å². The fraction of sp³-hybridized carbons (Fsp3) is 0.261. The summed E-state index contributed by atoms with van der Waals surface area (Å²) in [7, 11) is -3.68. The average molecular weight is 555 g/mol. The maximum atomic E-state index is 13.7. The summed E-state index contributed by atoms with van der Waals surface area (Å²) in [4.78, 5) is 28.9. The lowest BCUT2D eigenvalue weighted by molar-refractivity contribution is 0.0841. The number of carbonyl (C=O) groups is 2. The van der Waals surface area contributed by atoms with E-state index in [9.17, 15) is 26.8 Å². The van der Waals surface area contributed by atoms with Crippen LogP contribution in [0, 0.1) is 18.6 Å². The Kier molecular flexibility index (Phi) is 7.69. The fourth-order valence-electron chi connectivity index (χ4n) is 3.72. The van der Waals surface area contributed by atoms with E-state index in [-0.39, 0.29) is 16.5 Å². The van der Waals surface area contributed by atoms with Crippen LogP contribution in [0.2, 0.25) is 5.02 Å². The summed E-state index contributed by atoms with van der Waals surface area (Å²) in [5.41, 5.74) is 4.65. The molecule has 0 bridgehead atoms. The van der Waals surface area contributed by atoms with E-state index < -0.39 is 39.0 Å². The van der Waals surface area contributed by atoms with Crippen LogP contribution < -0.4 is 10.9 Å². The Morgan fingerprint density at radius 3 is 2.44 bits per heavy atom. The zero-order valence-corrected chi connectivity index (χ0v) is 21.3. The second kappa shape index (κ2) is 10.6. The maximum absolute atomic E-state index is 13.7. The molecule has 0 unspecified atom stereocenters. The molecule has 0 atom stereocenters. The molecule has 2 aromatic carbocycles. The Labute approximate surface area is 215 Å². The van der Waals surface area contributed by atoms with Crippen LogP contribution in [0.25, 0.3) is 0 Å². The van der Waals surface area contributed by atoms with Gasteiger partial charge in [0.25, 0.3) is 11.8 Å². The van der Waals surface area contributed by atoms with Crippen LogP contribution >= 0.6 is 22.9 Å². The Morgan fingerprint density at radius 2 is 1.78 bits per heavy atom. The van der Waals surface area contributed by atoms with Gasteiger partial charge in [-0.3, -0.25) is 20.4 Å². The van der Waals surface area contributed by atoms with Crippen LogP contribution in [0.4, 0.5) is 8.78 Å². The number of carbonyl (C=O) groups excluding carboxylic acids is 2. The molecule has 0 saturated carbocycles. The first-order valence-corrected chi connectivity index (χ1v) is 13.5. The molecule has 0 radical (unpaired) electrons. The number of aryl methyl sites for hydroxylation is 1. The normalized spacial score (nSPS) is 15.0. The van der Waals surface area contributed by atoms with Crippen molar-refractivity contribution >= 4 is 44.8 Å². The second-order valence-corrected chi connectivity index (χ2v) is 11.4. The van der Waals surface area contributed by atoms with Gasteiger partial charge in [0.05, 0.1) is 15.5 Å². The highest BCUT2D eigenvalue weighted by Gasteiger charge is 2.31. The molecule has 0 aliphatic carbocycles. The number of thiazole rings is 1. The van der Waals surface area contributed by atoms with Gasteiger partial charge in [0.15, 0.2) is 0 Å². The molecule has 1 aromatic heterocycles. The van der Waals surface area contributed by atoms with Gasteiger partial charge in [0.2, 0.25) is 10.0 Å². The van der Waals surface area contributed by atoms with Crippen molar-refractivity contribution in [3.8, 4) is 0 Å². The average Bonchev–Trinajstić information content (AvgIpc) is 3.34. The summed E-state index contributed by atoms with van der Waals surface area (Å²) < 4.78 is 54.1. The van der Waals surface area contributed by atoms with E-state index in [1.807, 2.05) is 0 Å². The highest BCUT2D eigenvalue weighted by molar-refractivity contribution is 7.89. The SMILES string of the molecule is Cc1ccc(S(=O)(=O)N2CCC(c3nc(C(=O)NNC(=O)c4ccc(F)cc4F)cs3)CC2)cc1Cl. The van der Waals surface area contributed by atoms with Crippen LogP contribution in [0.3, 0.4) is 0 Å². The first-order chi connectivity index (χ1) is 17.1. The number of piperidine rings is 1. The van der Waals surface area contributed by atoms with Gasteiger partial charge >= 0.3 is 0 Å². The molecule has 2 heterocycles. The van der Waals surface area contributed by atoms with Gasteiger partial charge < -0.3 is 0 Å². The van der Waals surface area contributed by atoms with E-state index in [1.165, 1.54) is 33.2 Å². The van der Waals surface area contributed by atoms with Gasteiger partial charge in [0.1, 0.15) is 17.3 Å². The van der Waals surface area contributed by atoms with Crippen LogP contribution in [-0.4, -0.2) is 42.6 Å². The zero-order chi connectivity index (χ0) is 26.0. The van der Waals surface area contributed by atoms with E-state index in [4.69, 9.17) is 11.6 Å². The lowest BCUT2D eigenvalue weighted by atomic mass is 9.99. The van der Waals surface area contributed by atoms with Crippen molar-refractivity contribution in [1.29, 1.82) is 0 Å². The number of sulfonamides is 1. The number of rotatable bonds is 5. The standard InChI is InChI=1S/C23H21ClF2N4O4S2/c1-13-2-4-16(11-18(13)24)36(33,34)30-8-6-14(7-9-30)23-27-20(12-35-23)22(32)29-28-21(31)17-5-3-15(25)10-19(17)26/h2-5,10-12,14H,6-9H2,1H3,(H,28,31)(H,29,32). The van der Waals surface area contributed by atoms with Gasteiger partial charge in [-0.1, -0.05) is 17.7 Å². The molecular formula is C23H21ClF2N4O4S2. The van der Waals surface area contributed by atoms with Crippen molar-refractivity contribution in [2.24, 2.45) is 0 Å². The van der Waals surface area contributed by atoms with E-state index in [2.05, 4.69) is 15.8 Å². The number of nitrogens with zero attached hydrogens (tertiary/aromatic N) is 2. The molecule has 1 fully saturated rings. The first-order valence-electron chi connectivity index (χ1n) is 10.8. The molecule has 1 aliphatic rings. The molecule has 0 spiro atoms. The number of hydrogen-bond donors (Lipinski definition) is 2. The monoisotopic (exact) mass is 554 g/mol. The van der Waals surface area contributed by atoms with Gasteiger partial charge in [-0.25, -0.2) is 22.2 Å². The zero-order valence-electron chi connectivity index (χ0n) is 18.9. The Morgan fingerprint density at radius 1 is 1.08 bits per heavy atom. The lowest BCUT2D eigenvalue weighted by Gasteiger charge is -2.30. The molecule has 13 heteroatoms. The smallest absolute Gasteiger partial charge is 0.267 e. The summed E-state index contributed by atoms with van der Waals surface area (Å²) in [6, 6.07) is 7.12. The fourth-order valence-corrected chi connectivity index (χ4v) is 6.44. The van der Waals surface area contributed by atoms with Gasteiger partial charge in [0, 0.05) is 35.5 Å². The van der Waals surface area contributed by atoms with E-state index >= 15 is 0 Å². The third kappa shape index (κ3) is 5.56. The number of hydrazine groups is 1. The Balaban J connectivity index is 1.34. The van der Waals surface area contributed by atoms with E-state index in [0.717, 1.165) is 17.7 Å². The maximum Gasteiger partial charge on any atom is 0.289 e. The second-order valence-electron chi connectivity index (χ2n) is 8.19. The quantitative estimate of drug-likeness (QED) is 0.463. The van der Waals surface area contributed by atoms with Gasteiger partial charge in [-0.05, 0) is 49.6 Å². The van der Waals surface area contributed by atoms with Crippen molar-refractivity contribution < 1.29 is 26.8 Å². The minimum Gasteiger partial charge on any atom is -0.267 e. The minimum atomic E-state index is -3.68. The van der Waals surface area contributed by atoms with Crippen LogP contribution in [0.15, 0.2) is 46.7 Å². The highest BCUT2D eigenvalue weighted by atomic mass is 35.5. The summed E-state index contributed by atoms with van der Waals surface area (Å²) in [6.07, 6.45) is 1.04. The molecule has 1 saturated heterocycles. The largest absolute Gasteiger partial charge is 0.289 e. The van der Waals surface area contributed by atoms with Crippen molar-refractivity contribution in [2.45, 2.75) is 30.6 Å². The van der Waals surface area contributed by atoms with E-state index in [1.54, 1.807) is 13.0 Å². The first kappa shape index (κ1) is 26.1. The lowest BCUT2D eigenvalue weighted by Crippen LogP contribution is -2.42. The molecule has 36 heavy (non-hydrogen) atoms. The Bertz CT molecular complexity index is 1420. The van der Waals surface area contributed by atoms with Crippen LogP contribution in [0.5, 0.6) is 0 Å². The molecule has 4 rings (SSSR count). The van der Waals surface area contributed by atoms with Crippen molar-refractivity contribution in [1.82, 2.24) is 20.1 Å². The number of aromatic nitrogens is 1. The third-order valence-corrected chi connectivity index (χ3v) is 9.11. The Hall–Kier alpha value is -2.93. The van der Waals surface area contributed by atoms with Gasteiger partial charge in [-0.15, -0.1) is 11.3 Å². The van der Waals surface area contributed by atoms with Crippen LogP contribution in [-0.2, 0) is 10.0 Å². The number of hydrogen-bond acceptors (Lipinski definition) is 6. The number of benzene rings is 2. The molecular weight excluding hydrogens is 534 g/mol. The summed E-state index contributed by atoms with van der Waals surface area (Å²) >= 11 is 7.35. The number of amides is 2. The predicted octanol–water partition coefficient (Wildman–Crippen LogP) is 4.03. The predicted molar refractivity (Wildman–Crippen MR) is 130 cm³/mol. The molecule has 1 aliphatic heterocycles. The summed E-state index contributed by atoms with van der Waals surface area (Å²) in [6.45, 7) is 2.38.